The Labute approximate surface area is 127 Å². The number of hydrogen-bond donors (Lipinski definition) is 2. The molecule has 1 aromatic carbocycles. The van der Waals surface area contributed by atoms with Crippen LogP contribution >= 0.6 is 24.0 Å². The molecule has 0 atom stereocenters. The standard InChI is InChI=1S/C14H23N3.HI/c1-14(2,3)12-7-5-11(6-8-12)9-10-17-13(15)16-4;/h5-8H,9-10H2,1-4H3,(H3,15,16,17);1H. The number of nitrogens with zero attached hydrogens (tertiary/aromatic N) is 1. The molecular formula is C14H24IN3. The van der Waals surface area contributed by atoms with Crippen molar-refractivity contribution in [2.24, 2.45) is 10.7 Å². The summed E-state index contributed by atoms with van der Waals surface area (Å²) in [6.45, 7) is 7.49. The normalized spacial score (nSPS) is 11.9. The summed E-state index contributed by atoms with van der Waals surface area (Å²) >= 11 is 0. The van der Waals surface area contributed by atoms with Gasteiger partial charge in [-0.05, 0) is 23.0 Å². The van der Waals surface area contributed by atoms with Crippen molar-refractivity contribution in [3.05, 3.63) is 35.4 Å². The molecule has 0 saturated carbocycles. The van der Waals surface area contributed by atoms with Gasteiger partial charge in [-0.1, -0.05) is 45.0 Å². The summed E-state index contributed by atoms with van der Waals surface area (Å²) in [6.07, 6.45) is 0.959. The van der Waals surface area contributed by atoms with Crippen LogP contribution in [0.5, 0.6) is 0 Å². The van der Waals surface area contributed by atoms with E-state index in [2.05, 4.69) is 55.3 Å². The molecule has 0 fully saturated rings. The third kappa shape index (κ3) is 5.71. The number of rotatable bonds is 3. The first-order valence-electron chi connectivity index (χ1n) is 5.99. The minimum absolute atomic E-state index is 0. The second-order valence-electron chi connectivity index (χ2n) is 5.23. The zero-order chi connectivity index (χ0) is 12.9. The smallest absolute Gasteiger partial charge is 0.188 e. The van der Waals surface area contributed by atoms with Gasteiger partial charge in [0.2, 0.25) is 0 Å². The summed E-state index contributed by atoms with van der Waals surface area (Å²) in [6, 6.07) is 8.77. The molecule has 0 amide bonds. The van der Waals surface area contributed by atoms with Crippen molar-refractivity contribution in [3.63, 3.8) is 0 Å². The van der Waals surface area contributed by atoms with Crippen molar-refractivity contribution in [1.29, 1.82) is 0 Å². The average molecular weight is 361 g/mol. The molecule has 0 unspecified atom stereocenters. The van der Waals surface area contributed by atoms with Gasteiger partial charge in [-0.3, -0.25) is 4.99 Å². The summed E-state index contributed by atoms with van der Waals surface area (Å²) < 4.78 is 0. The predicted octanol–water partition coefficient (Wildman–Crippen LogP) is 2.68. The molecule has 0 aromatic heterocycles. The number of nitrogens with one attached hydrogen (secondary N) is 1. The Kier molecular flexibility index (Phi) is 7.28. The molecular weight excluding hydrogens is 337 g/mol. The Morgan fingerprint density at radius 1 is 1.22 bits per heavy atom. The van der Waals surface area contributed by atoms with Crippen molar-refractivity contribution in [2.45, 2.75) is 32.6 Å². The summed E-state index contributed by atoms with van der Waals surface area (Å²) in [5.41, 5.74) is 8.45. The number of aliphatic imine (C=N–C) groups is 1. The zero-order valence-electron chi connectivity index (χ0n) is 11.7. The topological polar surface area (TPSA) is 50.4 Å². The lowest BCUT2D eigenvalue weighted by Crippen LogP contribution is -2.32. The second-order valence-corrected chi connectivity index (χ2v) is 5.23. The molecule has 0 radical (unpaired) electrons. The van der Waals surface area contributed by atoms with E-state index in [1.807, 2.05) is 0 Å². The van der Waals surface area contributed by atoms with Gasteiger partial charge in [0.1, 0.15) is 0 Å². The van der Waals surface area contributed by atoms with Gasteiger partial charge in [-0.15, -0.1) is 24.0 Å². The maximum atomic E-state index is 5.56. The summed E-state index contributed by atoms with van der Waals surface area (Å²) in [7, 11) is 1.68. The Morgan fingerprint density at radius 3 is 2.22 bits per heavy atom. The van der Waals surface area contributed by atoms with E-state index in [1.165, 1.54) is 11.1 Å². The minimum atomic E-state index is 0. The third-order valence-corrected chi connectivity index (χ3v) is 2.78. The van der Waals surface area contributed by atoms with Crippen LogP contribution in [0.25, 0.3) is 0 Å². The van der Waals surface area contributed by atoms with Crippen LogP contribution in [-0.4, -0.2) is 19.6 Å². The van der Waals surface area contributed by atoms with Crippen LogP contribution < -0.4 is 11.1 Å². The zero-order valence-corrected chi connectivity index (χ0v) is 14.0. The van der Waals surface area contributed by atoms with Gasteiger partial charge in [0.15, 0.2) is 5.96 Å². The quantitative estimate of drug-likeness (QED) is 0.494. The molecule has 18 heavy (non-hydrogen) atoms. The highest BCUT2D eigenvalue weighted by atomic mass is 127. The fraction of sp³-hybridized carbons (Fsp3) is 0.500. The molecule has 0 aliphatic heterocycles. The highest BCUT2D eigenvalue weighted by Crippen LogP contribution is 2.22. The van der Waals surface area contributed by atoms with Gasteiger partial charge in [0, 0.05) is 13.6 Å². The van der Waals surface area contributed by atoms with Crippen molar-refractivity contribution < 1.29 is 0 Å². The number of hydrogen-bond acceptors (Lipinski definition) is 1. The number of benzene rings is 1. The third-order valence-electron chi connectivity index (χ3n) is 2.78. The van der Waals surface area contributed by atoms with E-state index in [1.54, 1.807) is 7.05 Å². The van der Waals surface area contributed by atoms with Gasteiger partial charge in [0.05, 0.1) is 0 Å². The van der Waals surface area contributed by atoms with Gasteiger partial charge in [-0.2, -0.15) is 0 Å². The van der Waals surface area contributed by atoms with E-state index < -0.39 is 0 Å². The molecule has 3 N–H and O–H groups in total. The van der Waals surface area contributed by atoms with Crippen LogP contribution in [0.3, 0.4) is 0 Å². The molecule has 0 saturated heterocycles. The Hall–Kier alpha value is -0.780. The molecule has 0 aliphatic rings. The maximum absolute atomic E-state index is 5.56. The van der Waals surface area contributed by atoms with Crippen molar-refractivity contribution >= 4 is 29.9 Å². The molecule has 102 valence electrons. The lowest BCUT2D eigenvalue weighted by molar-refractivity contribution is 0.590. The highest BCUT2D eigenvalue weighted by molar-refractivity contribution is 14.0. The number of halogens is 1. The molecule has 0 aliphatic carbocycles. The largest absolute Gasteiger partial charge is 0.370 e. The fourth-order valence-corrected chi connectivity index (χ4v) is 1.59. The van der Waals surface area contributed by atoms with Crippen LogP contribution in [0.1, 0.15) is 31.9 Å². The van der Waals surface area contributed by atoms with Crippen molar-refractivity contribution in [1.82, 2.24) is 5.32 Å². The summed E-state index contributed by atoms with van der Waals surface area (Å²) in [5, 5.41) is 3.05. The van der Waals surface area contributed by atoms with Crippen molar-refractivity contribution in [2.75, 3.05) is 13.6 Å². The summed E-state index contributed by atoms with van der Waals surface area (Å²) in [4.78, 5) is 3.85. The van der Waals surface area contributed by atoms with E-state index in [0.29, 0.717) is 5.96 Å². The van der Waals surface area contributed by atoms with E-state index in [4.69, 9.17) is 5.73 Å². The van der Waals surface area contributed by atoms with E-state index >= 15 is 0 Å². The summed E-state index contributed by atoms with van der Waals surface area (Å²) in [5.74, 6) is 0.497. The molecule has 4 heteroatoms. The first-order valence-corrected chi connectivity index (χ1v) is 5.99. The average Bonchev–Trinajstić information content (AvgIpc) is 2.28. The van der Waals surface area contributed by atoms with Gasteiger partial charge >= 0.3 is 0 Å². The minimum Gasteiger partial charge on any atom is -0.370 e. The molecule has 1 aromatic rings. The molecule has 0 bridgehead atoms. The molecule has 3 nitrogen and oxygen atoms in total. The highest BCUT2D eigenvalue weighted by Gasteiger charge is 2.12. The second kappa shape index (κ2) is 7.61. The molecule has 1 rings (SSSR count). The molecule has 0 heterocycles. The lowest BCUT2D eigenvalue weighted by Gasteiger charge is -2.19. The van der Waals surface area contributed by atoms with Crippen LogP contribution in [0, 0.1) is 0 Å². The van der Waals surface area contributed by atoms with E-state index in [-0.39, 0.29) is 29.4 Å². The van der Waals surface area contributed by atoms with Gasteiger partial charge in [0.25, 0.3) is 0 Å². The van der Waals surface area contributed by atoms with E-state index in [0.717, 1.165) is 13.0 Å². The number of nitrogens with two attached hydrogens (primary N) is 1. The van der Waals surface area contributed by atoms with Crippen LogP contribution in [0.15, 0.2) is 29.3 Å². The lowest BCUT2D eigenvalue weighted by atomic mass is 9.86. The van der Waals surface area contributed by atoms with E-state index in [9.17, 15) is 0 Å². The first-order chi connectivity index (χ1) is 7.93. The van der Waals surface area contributed by atoms with Crippen LogP contribution in [0.2, 0.25) is 0 Å². The Balaban J connectivity index is 0.00000289. The van der Waals surface area contributed by atoms with Crippen molar-refractivity contribution in [3.8, 4) is 0 Å². The SMILES string of the molecule is CN=C(N)NCCc1ccc(C(C)(C)C)cc1.I. The fourth-order valence-electron chi connectivity index (χ4n) is 1.59. The number of guanidine groups is 1. The molecule has 0 spiro atoms. The Bertz CT molecular complexity index is 377. The monoisotopic (exact) mass is 361 g/mol. The first kappa shape index (κ1) is 17.2. The van der Waals surface area contributed by atoms with Gasteiger partial charge < -0.3 is 11.1 Å². The maximum Gasteiger partial charge on any atom is 0.188 e. The van der Waals surface area contributed by atoms with Crippen LogP contribution in [-0.2, 0) is 11.8 Å². The van der Waals surface area contributed by atoms with Crippen LogP contribution in [0.4, 0.5) is 0 Å². The van der Waals surface area contributed by atoms with Gasteiger partial charge in [-0.25, -0.2) is 0 Å². The predicted molar refractivity (Wildman–Crippen MR) is 89.8 cm³/mol. The Morgan fingerprint density at radius 2 is 1.78 bits per heavy atom.